The lowest BCUT2D eigenvalue weighted by Crippen LogP contribution is -2.63. The second kappa shape index (κ2) is 10.8. The number of aliphatic hydroxyl groups is 1. The van der Waals surface area contributed by atoms with Crippen molar-refractivity contribution in [2.24, 2.45) is 5.41 Å². The number of carboxylic acid groups (broad SMARTS) is 1. The zero-order valence-electron chi connectivity index (χ0n) is 22.9. The molecule has 210 valence electrons. The number of urea groups is 1. The average molecular weight is 545 g/mol. The van der Waals surface area contributed by atoms with Crippen LogP contribution in [0, 0.1) is 5.41 Å². The summed E-state index contributed by atoms with van der Waals surface area (Å²) in [5.41, 5.74) is 0.561. The number of piperazine rings is 1. The van der Waals surface area contributed by atoms with Gasteiger partial charge in [0.05, 0.1) is 18.2 Å². The molecule has 2 aromatic carbocycles. The number of hydrogen-bond acceptors (Lipinski definition) is 4. The molecule has 5 rings (SSSR count). The molecule has 2 fully saturated rings. The first-order valence-corrected chi connectivity index (χ1v) is 13.6. The Bertz CT molecular complexity index is 1420. The van der Waals surface area contributed by atoms with Crippen molar-refractivity contribution in [2.75, 3.05) is 32.7 Å². The molecule has 9 heteroatoms. The fraction of sp³-hybridized carbons (Fsp3) is 0.387. The maximum absolute atomic E-state index is 13.8. The monoisotopic (exact) mass is 544 g/mol. The van der Waals surface area contributed by atoms with Crippen LogP contribution in [0.3, 0.4) is 0 Å². The Morgan fingerprint density at radius 2 is 1.57 bits per heavy atom. The molecule has 0 spiro atoms. The van der Waals surface area contributed by atoms with Gasteiger partial charge in [-0.2, -0.15) is 0 Å². The van der Waals surface area contributed by atoms with E-state index in [4.69, 9.17) is 0 Å². The van der Waals surface area contributed by atoms with Gasteiger partial charge in [-0.1, -0.05) is 74.5 Å². The maximum atomic E-state index is 13.8. The van der Waals surface area contributed by atoms with E-state index in [1.807, 2.05) is 80.6 Å². The molecule has 2 unspecified atom stereocenters. The molecule has 3 amide bonds. The van der Waals surface area contributed by atoms with E-state index < -0.39 is 23.2 Å². The van der Waals surface area contributed by atoms with Crippen molar-refractivity contribution in [3.63, 3.8) is 0 Å². The Morgan fingerprint density at radius 1 is 0.900 bits per heavy atom. The highest BCUT2D eigenvalue weighted by atomic mass is 16.4. The zero-order chi connectivity index (χ0) is 28.5. The number of aromatic nitrogens is 1. The van der Waals surface area contributed by atoms with Crippen molar-refractivity contribution >= 4 is 12.1 Å². The molecule has 2 atom stereocenters. The molecular weight excluding hydrogens is 508 g/mol. The maximum Gasteiger partial charge on any atom is 0.407 e. The van der Waals surface area contributed by atoms with Gasteiger partial charge >= 0.3 is 12.1 Å². The molecule has 0 saturated carbocycles. The third-order valence-electron chi connectivity index (χ3n) is 8.53. The lowest BCUT2D eigenvalue weighted by molar-refractivity contribution is -0.122. The Hall–Kier alpha value is -4.11. The fourth-order valence-corrected chi connectivity index (χ4v) is 5.88. The van der Waals surface area contributed by atoms with Gasteiger partial charge in [-0.05, 0) is 29.2 Å². The van der Waals surface area contributed by atoms with Gasteiger partial charge in [0, 0.05) is 50.4 Å². The molecule has 0 radical (unpaired) electrons. The highest BCUT2D eigenvalue weighted by Gasteiger charge is 2.50. The van der Waals surface area contributed by atoms with Gasteiger partial charge in [-0.25, -0.2) is 9.59 Å². The number of rotatable bonds is 4. The molecule has 0 aliphatic carbocycles. The van der Waals surface area contributed by atoms with Crippen LogP contribution in [0.2, 0.25) is 0 Å². The van der Waals surface area contributed by atoms with E-state index in [1.54, 1.807) is 26.6 Å². The predicted octanol–water partition coefficient (Wildman–Crippen LogP) is 4.14. The number of likely N-dealkylation sites (tertiary alicyclic amines) is 1. The predicted molar refractivity (Wildman–Crippen MR) is 152 cm³/mol. The number of pyridine rings is 1. The van der Waals surface area contributed by atoms with Crippen LogP contribution >= 0.6 is 0 Å². The zero-order valence-corrected chi connectivity index (χ0v) is 22.9. The van der Waals surface area contributed by atoms with Crippen LogP contribution in [-0.4, -0.2) is 79.9 Å². The smallest absolute Gasteiger partial charge is 0.407 e. The first kappa shape index (κ1) is 27.5. The summed E-state index contributed by atoms with van der Waals surface area (Å²) < 4.78 is 1.54. The van der Waals surface area contributed by atoms with E-state index in [-0.39, 0.29) is 37.8 Å². The number of piperidine rings is 1. The van der Waals surface area contributed by atoms with Crippen molar-refractivity contribution in [3.8, 4) is 11.1 Å². The van der Waals surface area contributed by atoms with Crippen LogP contribution < -0.4 is 5.56 Å². The van der Waals surface area contributed by atoms with Crippen LogP contribution in [0.15, 0.2) is 83.8 Å². The summed E-state index contributed by atoms with van der Waals surface area (Å²) in [6.45, 7) is 5.34. The van der Waals surface area contributed by atoms with Crippen molar-refractivity contribution in [1.29, 1.82) is 0 Å². The van der Waals surface area contributed by atoms with Gasteiger partial charge in [-0.15, -0.1) is 0 Å². The Kier molecular flexibility index (Phi) is 7.42. The minimum absolute atomic E-state index is 0.125. The number of benzene rings is 2. The molecule has 2 N–H and O–H groups in total. The summed E-state index contributed by atoms with van der Waals surface area (Å²) >= 11 is 0. The summed E-state index contributed by atoms with van der Waals surface area (Å²) in [4.78, 5) is 43.4. The number of nitrogens with zero attached hydrogens (tertiary/aromatic N) is 4. The SMILES string of the molecule is CC1(C)CN(C(=O)N2CCN(C(=O)O)CC2c2ccccc2)CCC1(O)Cn1ccc(-c2ccccc2)cc1=O. The molecule has 0 bridgehead atoms. The van der Waals surface area contributed by atoms with E-state index >= 15 is 0 Å². The minimum Gasteiger partial charge on any atom is -0.465 e. The Morgan fingerprint density at radius 3 is 2.20 bits per heavy atom. The average Bonchev–Trinajstić information content (AvgIpc) is 2.96. The molecule has 2 aliphatic heterocycles. The largest absolute Gasteiger partial charge is 0.465 e. The third-order valence-corrected chi connectivity index (χ3v) is 8.53. The number of amides is 3. The molecule has 40 heavy (non-hydrogen) atoms. The van der Waals surface area contributed by atoms with E-state index in [1.165, 1.54) is 4.90 Å². The molecule has 2 saturated heterocycles. The van der Waals surface area contributed by atoms with Crippen molar-refractivity contribution in [2.45, 2.75) is 38.5 Å². The Labute approximate surface area is 233 Å². The lowest BCUT2D eigenvalue weighted by Gasteiger charge is -2.52. The first-order valence-electron chi connectivity index (χ1n) is 13.6. The minimum atomic E-state index is -1.21. The molecule has 3 aromatic rings. The van der Waals surface area contributed by atoms with Crippen LogP contribution in [0.4, 0.5) is 9.59 Å². The first-order chi connectivity index (χ1) is 19.1. The highest BCUT2D eigenvalue weighted by Crippen LogP contribution is 2.40. The molecule has 2 aliphatic rings. The van der Waals surface area contributed by atoms with Crippen LogP contribution in [-0.2, 0) is 6.54 Å². The second-order valence-corrected chi connectivity index (χ2v) is 11.5. The van der Waals surface area contributed by atoms with E-state index in [0.717, 1.165) is 16.7 Å². The number of carbonyl (C=O) groups is 2. The topological polar surface area (TPSA) is 106 Å². The summed E-state index contributed by atoms with van der Waals surface area (Å²) in [6, 6.07) is 22.1. The second-order valence-electron chi connectivity index (χ2n) is 11.5. The van der Waals surface area contributed by atoms with E-state index in [9.17, 15) is 24.6 Å². The van der Waals surface area contributed by atoms with Gasteiger partial charge in [0.15, 0.2) is 0 Å². The van der Waals surface area contributed by atoms with E-state index in [2.05, 4.69) is 0 Å². The van der Waals surface area contributed by atoms with E-state index in [0.29, 0.717) is 19.5 Å². The number of carbonyl (C=O) groups excluding carboxylic acids is 1. The summed E-state index contributed by atoms with van der Waals surface area (Å²) in [5, 5.41) is 21.4. The van der Waals surface area contributed by atoms with Gasteiger partial charge in [-0.3, -0.25) is 4.79 Å². The fourth-order valence-electron chi connectivity index (χ4n) is 5.88. The molecule has 1 aromatic heterocycles. The van der Waals surface area contributed by atoms with Crippen molar-refractivity contribution in [1.82, 2.24) is 19.3 Å². The summed E-state index contributed by atoms with van der Waals surface area (Å²) in [7, 11) is 0. The summed E-state index contributed by atoms with van der Waals surface area (Å²) in [5.74, 6) is 0. The van der Waals surface area contributed by atoms with Gasteiger partial charge in [0.25, 0.3) is 5.56 Å². The summed E-state index contributed by atoms with van der Waals surface area (Å²) in [6.07, 6.45) is 1.04. The standard InChI is InChI=1S/C31H36N4O5/c1-30(2)21-34(28(37)35-18-17-32(29(38)39)20-26(35)24-11-7-4-8-12-24)16-14-31(30,40)22-33-15-13-25(19-27(33)36)23-9-5-3-6-10-23/h3-13,15,19,26,40H,14,16-18,20-22H2,1-2H3,(H,38,39). The Balaban J connectivity index is 1.32. The lowest BCUT2D eigenvalue weighted by atomic mass is 9.70. The van der Waals surface area contributed by atoms with Crippen LogP contribution in [0.25, 0.3) is 11.1 Å². The van der Waals surface area contributed by atoms with Gasteiger partial charge in [0.2, 0.25) is 0 Å². The quantitative estimate of drug-likeness (QED) is 0.514. The normalized spacial score (nSPS) is 22.7. The van der Waals surface area contributed by atoms with Crippen LogP contribution in [0.5, 0.6) is 0 Å². The van der Waals surface area contributed by atoms with Crippen molar-refractivity contribution in [3.05, 3.63) is 94.9 Å². The number of hydrogen-bond donors (Lipinski definition) is 2. The molecule has 9 nitrogen and oxygen atoms in total. The van der Waals surface area contributed by atoms with Gasteiger partial charge < -0.3 is 29.5 Å². The van der Waals surface area contributed by atoms with Crippen molar-refractivity contribution < 1.29 is 19.8 Å². The third kappa shape index (κ3) is 5.34. The molecular formula is C31H36N4O5. The highest BCUT2D eigenvalue weighted by molar-refractivity contribution is 5.76. The molecule has 3 heterocycles. The van der Waals surface area contributed by atoms with Gasteiger partial charge in [0.1, 0.15) is 0 Å². The van der Waals surface area contributed by atoms with Crippen LogP contribution in [0.1, 0.15) is 31.9 Å².